The number of aliphatic hydroxyl groups is 1. The van der Waals surface area contributed by atoms with Crippen molar-refractivity contribution in [1.82, 2.24) is 19.5 Å². The topological polar surface area (TPSA) is 231 Å². The first-order valence-corrected chi connectivity index (χ1v) is 12.3. The van der Waals surface area contributed by atoms with Crippen LogP contribution in [0.5, 0.6) is 0 Å². The largest absolute Gasteiger partial charge is 0.472 e. The Morgan fingerprint density at radius 1 is 1.22 bits per heavy atom. The molecule has 1 aliphatic rings. The normalized spacial score (nSPS) is 27.4. The van der Waals surface area contributed by atoms with Crippen molar-refractivity contribution in [2.24, 2.45) is 0 Å². The van der Waals surface area contributed by atoms with Gasteiger partial charge in [0.2, 0.25) is 5.95 Å². The number of nitrogen functional groups attached to an aromatic ring is 1. The zero-order chi connectivity index (χ0) is 23.7. The van der Waals surface area contributed by atoms with Crippen molar-refractivity contribution in [3.05, 3.63) is 16.7 Å². The highest BCUT2D eigenvalue weighted by Crippen LogP contribution is 2.50. The first-order valence-electron chi connectivity index (χ1n) is 9.31. The van der Waals surface area contributed by atoms with Gasteiger partial charge in [-0.15, -0.1) is 0 Å². The Balaban J connectivity index is 1.93. The van der Waals surface area contributed by atoms with Crippen LogP contribution in [0.25, 0.3) is 11.2 Å². The van der Waals surface area contributed by atoms with Gasteiger partial charge in [-0.2, -0.15) is 4.98 Å². The average Bonchev–Trinajstić information content (AvgIpc) is 3.22. The molecule has 2 aromatic heterocycles. The quantitative estimate of drug-likeness (QED) is 0.263. The maximum Gasteiger partial charge on any atom is 0.472 e. The molecule has 0 bridgehead atoms. The molecule has 180 valence electrons. The molecule has 0 aromatic carbocycles. The van der Waals surface area contributed by atoms with E-state index in [-0.39, 0.29) is 30.3 Å². The Kier molecular flexibility index (Phi) is 7.51. The number of nitrogens with one attached hydrogen (secondary N) is 1. The van der Waals surface area contributed by atoms with Crippen LogP contribution < -0.4 is 11.3 Å². The average molecular weight is 499 g/mol. The molecular formula is C14H23N5O11P2. The summed E-state index contributed by atoms with van der Waals surface area (Å²) in [6.07, 6.45) is -4.75. The summed E-state index contributed by atoms with van der Waals surface area (Å²) in [5.41, 5.74) is 4.78. The number of ether oxygens (including phenoxy) is 1. The molecule has 1 saturated heterocycles. The van der Waals surface area contributed by atoms with Crippen LogP contribution in [0, 0.1) is 0 Å². The van der Waals surface area contributed by atoms with E-state index in [1.807, 2.05) is 0 Å². The lowest BCUT2D eigenvalue weighted by molar-refractivity contribution is -0.0513. The summed E-state index contributed by atoms with van der Waals surface area (Å²) in [4.78, 5) is 41.7. The molecule has 1 aliphatic heterocycles. The van der Waals surface area contributed by atoms with E-state index in [2.05, 4.69) is 24.0 Å². The van der Waals surface area contributed by atoms with Gasteiger partial charge in [0.15, 0.2) is 17.4 Å². The monoisotopic (exact) mass is 499 g/mol. The standard InChI is InChI=1S/C14H23N5O11P2/c1-3-26-31(22,23)28-5-7-10(30-32(24,25)27-4-2)9(20)13(29-7)19-6-16-8-11(19)17-14(15)18-12(8)21/h6-7,9-10,13,20H,3-5H2,1-2H3,(H,22,23)(H,24,25)(H3,15,17,18,21)/t7-,9-,10-,13-/m1/s1. The molecular weight excluding hydrogens is 476 g/mol. The molecule has 2 unspecified atom stereocenters. The molecule has 6 N–H and O–H groups in total. The Labute approximate surface area is 180 Å². The van der Waals surface area contributed by atoms with Gasteiger partial charge in [0, 0.05) is 0 Å². The van der Waals surface area contributed by atoms with Gasteiger partial charge in [0.05, 0.1) is 26.1 Å². The minimum absolute atomic E-state index is 0.0465. The third-order valence-corrected chi connectivity index (χ3v) is 6.43. The van der Waals surface area contributed by atoms with E-state index in [1.54, 1.807) is 0 Å². The SMILES string of the molecule is CCOP(=O)(O)OC[C@H]1O[C@@H](n2cnc3c(=O)[nH]c(N)nc32)[C@H](O)[C@@H]1OP(=O)(O)OCC. The van der Waals surface area contributed by atoms with Crippen LogP contribution in [0.4, 0.5) is 5.95 Å². The number of nitrogens with zero attached hydrogens (tertiary/aromatic N) is 3. The summed E-state index contributed by atoms with van der Waals surface area (Å²) in [6, 6.07) is 0. The number of aliphatic hydroxyl groups excluding tert-OH is 1. The first kappa shape index (κ1) is 24.9. The number of imidazole rings is 1. The zero-order valence-corrected chi connectivity index (χ0v) is 18.7. The molecule has 0 aliphatic carbocycles. The van der Waals surface area contributed by atoms with Crippen LogP contribution in [-0.2, 0) is 32.0 Å². The fraction of sp³-hybridized carbons (Fsp3) is 0.643. The van der Waals surface area contributed by atoms with Crippen molar-refractivity contribution in [1.29, 1.82) is 0 Å². The van der Waals surface area contributed by atoms with Crippen molar-refractivity contribution in [2.75, 3.05) is 25.6 Å². The Hall–Kier alpha value is -1.71. The highest BCUT2D eigenvalue weighted by atomic mass is 31.2. The Morgan fingerprint density at radius 3 is 2.53 bits per heavy atom. The van der Waals surface area contributed by atoms with Gasteiger partial charge in [-0.3, -0.25) is 32.4 Å². The smallest absolute Gasteiger partial charge is 0.386 e. The summed E-state index contributed by atoms with van der Waals surface area (Å²) < 4.78 is 50.0. The van der Waals surface area contributed by atoms with Gasteiger partial charge in [-0.25, -0.2) is 14.1 Å². The molecule has 32 heavy (non-hydrogen) atoms. The lowest BCUT2D eigenvalue weighted by Crippen LogP contribution is -2.36. The van der Waals surface area contributed by atoms with E-state index in [0.29, 0.717) is 0 Å². The summed E-state index contributed by atoms with van der Waals surface area (Å²) in [5, 5.41) is 10.8. The maximum absolute atomic E-state index is 12.1. The van der Waals surface area contributed by atoms with E-state index < -0.39 is 52.4 Å². The van der Waals surface area contributed by atoms with Crippen molar-refractivity contribution in [3.8, 4) is 0 Å². The molecule has 0 spiro atoms. The maximum atomic E-state index is 12.1. The van der Waals surface area contributed by atoms with E-state index in [0.717, 1.165) is 10.9 Å². The number of fused-ring (bicyclic) bond motifs is 1. The number of phosphoric ester groups is 2. The number of aromatic amines is 1. The third-order valence-electron chi connectivity index (χ3n) is 4.28. The Bertz CT molecular complexity index is 1110. The number of hydrogen-bond acceptors (Lipinski definition) is 12. The number of aromatic nitrogens is 4. The molecule has 0 radical (unpaired) electrons. The Morgan fingerprint density at radius 2 is 1.88 bits per heavy atom. The molecule has 18 heteroatoms. The molecule has 3 heterocycles. The van der Waals surface area contributed by atoms with Gasteiger partial charge in [0.25, 0.3) is 5.56 Å². The number of hydrogen-bond donors (Lipinski definition) is 5. The van der Waals surface area contributed by atoms with Crippen LogP contribution in [0.15, 0.2) is 11.1 Å². The van der Waals surface area contributed by atoms with Gasteiger partial charge < -0.3 is 25.4 Å². The highest BCUT2D eigenvalue weighted by Gasteiger charge is 2.50. The number of H-pyrrole nitrogens is 1. The van der Waals surface area contributed by atoms with Crippen LogP contribution >= 0.6 is 15.6 Å². The number of phosphoric acid groups is 2. The van der Waals surface area contributed by atoms with Crippen LogP contribution in [0.3, 0.4) is 0 Å². The van der Waals surface area contributed by atoms with Crippen molar-refractivity contribution < 1.29 is 46.9 Å². The summed E-state index contributed by atoms with van der Waals surface area (Å²) in [7, 11) is -9.10. The molecule has 1 fully saturated rings. The highest BCUT2D eigenvalue weighted by molar-refractivity contribution is 7.47. The van der Waals surface area contributed by atoms with E-state index in [4.69, 9.17) is 19.5 Å². The van der Waals surface area contributed by atoms with E-state index in [9.17, 15) is 28.8 Å². The first-order chi connectivity index (χ1) is 15.0. The molecule has 6 atom stereocenters. The predicted octanol–water partition coefficient (Wildman–Crippen LogP) is -0.364. The second kappa shape index (κ2) is 9.65. The third kappa shape index (κ3) is 5.43. The fourth-order valence-electron chi connectivity index (χ4n) is 3.06. The van der Waals surface area contributed by atoms with Gasteiger partial charge in [-0.05, 0) is 13.8 Å². The number of anilines is 1. The molecule has 16 nitrogen and oxygen atoms in total. The molecule has 0 saturated carbocycles. The van der Waals surface area contributed by atoms with Gasteiger partial charge in [0.1, 0.15) is 18.3 Å². The molecule has 2 aromatic rings. The van der Waals surface area contributed by atoms with E-state index >= 15 is 0 Å². The fourth-order valence-corrected chi connectivity index (χ4v) is 4.75. The van der Waals surface area contributed by atoms with Crippen LogP contribution in [-0.4, -0.2) is 72.5 Å². The zero-order valence-electron chi connectivity index (χ0n) is 16.9. The van der Waals surface area contributed by atoms with Crippen molar-refractivity contribution in [3.63, 3.8) is 0 Å². The second-order valence-electron chi connectivity index (χ2n) is 6.47. The molecule has 3 rings (SSSR count). The van der Waals surface area contributed by atoms with Crippen LogP contribution in [0.1, 0.15) is 20.1 Å². The summed E-state index contributed by atoms with van der Waals surface area (Å²) >= 11 is 0. The lowest BCUT2D eigenvalue weighted by atomic mass is 10.1. The number of nitrogens with two attached hydrogens (primary N) is 1. The van der Waals surface area contributed by atoms with Crippen molar-refractivity contribution >= 4 is 32.8 Å². The number of rotatable bonds is 10. The minimum Gasteiger partial charge on any atom is -0.386 e. The molecule has 0 amide bonds. The summed E-state index contributed by atoms with van der Waals surface area (Å²) in [6.45, 7) is 1.96. The van der Waals surface area contributed by atoms with Crippen molar-refractivity contribution in [2.45, 2.75) is 38.4 Å². The van der Waals surface area contributed by atoms with Crippen LogP contribution in [0.2, 0.25) is 0 Å². The van der Waals surface area contributed by atoms with Gasteiger partial charge >= 0.3 is 15.6 Å². The predicted molar refractivity (Wildman–Crippen MR) is 106 cm³/mol. The van der Waals surface area contributed by atoms with Gasteiger partial charge in [-0.1, -0.05) is 0 Å². The second-order valence-corrected chi connectivity index (χ2v) is 9.33. The lowest BCUT2D eigenvalue weighted by Gasteiger charge is -2.23. The van der Waals surface area contributed by atoms with E-state index in [1.165, 1.54) is 13.8 Å². The summed E-state index contributed by atoms with van der Waals surface area (Å²) in [5.74, 6) is -0.224. The minimum atomic E-state index is -4.63.